The van der Waals surface area contributed by atoms with Gasteiger partial charge in [-0.25, -0.2) is 0 Å². The summed E-state index contributed by atoms with van der Waals surface area (Å²) in [6.45, 7) is 0. The van der Waals surface area contributed by atoms with Crippen molar-refractivity contribution < 1.29 is 4.79 Å². The highest BCUT2D eigenvalue weighted by molar-refractivity contribution is 7.21. The fraction of sp³-hybridized carbons (Fsp3) is 0. The van der Waals surface area contributed by atoms with Crippen LogP contribution in [0.4, 0.5) is 0 Å². The summed E-state index contributed by atoms with van der Waals surface area (Å²) in [5.74, 6) is 0.0613. The average molecular weight is 227 g/mol. The predicted octanol–water partition coefficient (Wildman–Crippen LogP) is 3.46. The van der Waals surface area contributed by atoms with Crippen molar-refractivity contribution in [2.75, 3.05) is 0 Å². The number of fused-ring (bicyclic) bond motifs is 1. The molecule has 1 aromatic carbocycles. The Morgan fingerprint density at radius 2 is 2.00 bits per heavy atom. The number of carbonyl (C=O) groups excluding carboxylic acids is 1. The van der Waals surface area contributed by atoms with Crippen molar-refractivity contribution in [2.24, 2.45) is 0 Å². The van der Waals surface area contributed by atoms with Crippen molar-refractivity contribution in [1.29, 1.82) is 0 Å². The lowest BCUT2D eigenvalue weighted by Crippen LogP contribution is -1.97. The molecule has 3 rings (SSSR count). The second-order valence-electron chi connectivity index (χ2n) is 3.56. The average Bonchev–Trinajstić information content (AvgIpc) is 2.97. The van der Waals surface area contributed by atoms with Gasteiger partial charge in [-0.05, 0) is 29.7 Å². The van der Waals surface area contributed by atoms with E-state index in [1.54, 1.807) is 12.3 Å². The van der Waals surface area contributed by atoms with Gasteiger partial charge in [-0.3, -0.25) is 4.79 Å². The third-order valence-corrected chi connectivity index (χ3v) is 3.61. The van der Waals surface area contributed by atoms with Gasteiger partial charge in [-0.2, -0.15) is 0 Å². The first-order valence-electron chi connectivity index (χ1n) is 5.01. The van der Waals surface area contributed by atoms with Gasteiger partial charge in [-0.1, -0.05) is 18.2 Å². The highest BCUT2D eigenvalue weighted by Gasteiger charge is 2.12. The van der Waals surface area contributed by atoms with Crippen LogP contribution in [-0.2, 0) is 0 Å². The van der Waals surface area contributed by atoms with Gasteiger partial charge >= 0.3 is 0 Å². The van der Waals surface area contributed by atoms with Crippen molar-refractivity contribution in [3.05, 3.63) is 59.2 Å². The number of H-pyrrole nitrogens is 1. The van der Waals surface area contributed by atoms with Gasteiger partial charge in [0.25, 0.3) is 0 Å². The first kappa shape index (κ1) is 9.36. The van der Waals surface area contributed by atoms with Gasteiger partial charge in [0.1, 0.15) is 0 Å². The molecule has 3 aromatic rings. The molecule has 0 aliphatic heterocycles. The van der Waals surface area contributed by atoms with Gasteiger partial charge in [-0.15, -0.1) is 11.3 Å². The van der Waals surface area contributed by atoms with E-state index in [1.807, 2.05) is 36.4 Å². The van der Waals surface area contributed by atoms with Crippen LogP contribution < -0.4 is 0 Å². The minimum Gasteiger partial charge on any atom is -0.358 e. The first-order chi connectivity index (χ1) is 7.84. The Morgan fingerprint density at radius 3 is 2.75 bits per heavy atom. The van der Waals surface area contributed by atoms with Gasteiger partial charge in [0, 0.05) is 10.9 Å². The van der Waals surface area contributed by atoms with Gasteiger partial charge in [0.05, 0.1) is 10.6 Å². The molecule has 2 heterocycles. The van der Waals surface area contributed by atoms with E-state index >= 15 is 0 Å². The summed E-state index contributed by atoms with van der Waals surface area (Å²) in [7, 11) is 0. The predicted molar refractivity (Wildman–Crippen MR) is 66.1 cm³/mol. The fourth-order valence-electron chi connectivity index (χ4n) is 1.70. The van der Waals surface area contributed by atoms with Crippen molar-refractivity contribution in [3.63, 3.8) is 0 Å². The molecule has 0 bridgehead atoms. The van der Waals surface area contributed by atoms with Crippen LogP contribution in [0.1, 0.15) is 15.4 Å². The van der Waals surface area contributed by atoms with Crippen molar-refractivity contribution >= 4 is 27.2 Å². The zero-order valence-electron chi connectivity index (χ0n) is 8.44. The maximum atomic E-state index is 12.1. The van der Waals surface area contributed by atoms with Crippen molar-refractivity contribution in [3.8, 4) is 0 Å². The molecule has 1 N–H and O–H groups in total. The number of ketones is 1. The van der Waals surface area contributed by atoms with Gasteiger partial charge in [0.2, 0.25) is 5.78 Å². The minimum absolute atomic E-state index is 0.0613. The maximum Gasteiger partial charge on any atom is 0.219 e. The number of hydrogen-bond acceptors (Lipinski definition) is 2. The molecule has 0 atom stereocenters. The van der Waals surface area contributed by atoms with E-state index in [9.17, 15) is 4.79 Å². The maximum absolute atomic E-state index is 12.1. The summed E-state index contributed by atoms with van der Waals surface area (Å²) >= 11 is 1.53. The highest BCUT2D eigenvalue weighted by atomic mass is 32.1. The number of nitrogens with one attached hydrogen (secondary N) is 1. The van der Waals surface area contributed by atoms with E-state index in [0.29, 0.717) is 5.69 Å². The molecule has 3 heteroatoms. The Balaban J connectivity index is 2.10. The minimum atomic E-state index is 0.0613. The standard InChI is InChI=1S/C13H9NOS/c15-13(10-5-3-7-14-10)12-8-9-4-1-2-6-11(9)16-12/h1-8,14H. The second kappa shape index (κ2) is 3.61. The summed E-state index contributed by atoms with van der Waals surface area (Å²) in [5.41, 5.74) is 0.645. The number of aromatic amines is 1. The summed E-state index contributed by atoms with van der Waals surface area (Å²) in [5, 5.41) is 1.13. The molecule has 0 spiro atoms. The van der Waals surface area contributed by atoms with E-state index in [0.717, 1.165) is 15.0 Å². The van der Waals surface area contributed by atoms with Crippen LogP contribution in [0, 0.1) is 0 Å². The lowest BCUT2D eigenvalue weighted by atomic mass is 10.2. The normalized spacial score (nSPS) is 10.8. The van der Waals surface area contributed by atoms with E-state index in [-0.39, 0.29) is 5.78 Å². The molecule has 0 radical (unpaired) electrons. The number of rotatable bonds is 2. The van der Waals surface area contributed by atoms with Gasteiger partial charge in [0.15, 0.2) is 0 Å². The molecule has 16 heavy (non-hydrogen) atoms. The van der Waals surface area contributed by atoms with Crippen LogP contribution in [-0.4, -0.2) is 10.8 Å². The van der Waals surface area contributed by atoms with Crippen LogP contribution >= 0.6 is 11.3 Å². The molecule has 0 unspecified atom stereocenters. The third kappa shape index (κ3) is 1.46. The Kier molecular flexibility index (Phi) is 2.11. The van der Waals surface area contributed by atoms with Gasteiger partial charge < -0.3 is 4.98 Å². The topological polar surface area (TPSA) is 32.9 Å². The van der Waals surface area contributed by atoms with E-state index in [4.69, 9.17) is 0 Å². The summed E-state index contributed by atoms with van der Waals surface area (Å²) < 4.78 is 1.15. The van der Waals surface area contributed by atoms with Crippen LogP contribution in [0.2, 0.25) is 0 Å². The zero-order chi connectivity index (χ0) is 11.0. The smallest absolute Gasteiger partial charge is 0.219 e. The molecule has 0 saturated heterocycles. The van der Waals surface area contributed by atoms with E-state index in [2.05, 4.69) is 4.98 Å². The van der Waals surface area contributed by atoms with E-state index in [1.165, 1.54) is 11.3 Å². The SMILES string of the molecule is O=C(c1ccc[nH]1)c1cc2ccccc2s1. The molecule has 0 aliphatic rings. The number of aromatic nitrogens is 1. The lowest BCUT2D eigenvalue weighted by Gasteiger charge is -1.91. The monoisotopic (exact) mass is 227 g/mol. The molecule has 78 valence electrons. The van der Waals surface area contributed by atoms with Crippen LogP contribution in [0.25, 0.3) is 10.1 Å². The molecular weight excluding hydrogens is 218 g/mol. The Labute approximate surface area is 96.5 Å². The van der Waals surface area contributed by atoms with Crippen LogP contribution in [0.5, 0.6) is 0 Å². The number of carbonyl (C=O) groups is 1. The first-order valence-corrected chi connectivity index (χ1v) is 5.83. The van der Waals surface area contributed by atoms with Crippen LogP contribution in [0.15, 0.2) is 48.7 Å². The van der Waals surface area contributed by atoms with Crippen molar-refractivity contribution in [1.82, 2.24) is 4.98 Å². The Morgan fingerprint density at radius 1 is 1.12 bits per heavy atom. The largest absolute Gasteiger partial charge is 0.358 e. The molecule has 2 nitrogen and oxygen atoms in total. The summed E-state index contributed by atoms with van der Waals surface area (Å²) in [6.07, 6.45) is 1.76. The zero-order valence-corrected chi connectivity index (χ0v) is 9.25. The fourth-order valence-corrected chi connectivity index (χ4v) is 2.71. The summed E-state index contributed by atoms with van der Waals surface area (Å²) in [6, 6.07) is 13.6. The molecule has 0 fully saturated rings. The summed E-state index contributed by atoms with van der Waals surface area (Å²) in [4.78, 5) is 15.8. The van der Waals surface area contributed by atoms with Crippen molar-refractivity contribution in [2.45, 2.75) is 0 Å². The number of benzene rings is 1. The third-order valence-electron chi connectivity index (χ3n) is 2.49. The molecular formula is C13H9NOS. The van der Waals surface area contributed by atoms with Crippen LogP contribution in [0.3, 0.4) is 0 Å². The quantitative estimate of drug-likeness (QED) is 0.668. The Bertz CT molecular complexity index is 604. The second-order valence-corrected chi connectivity index (χ2v) is 4.65. The molecule has 0 aliphatic carbocycles. The molecule has 2 aromatic heterocycles. The Hall–Kier alpha value is -1.87. The molecule has 0 amide bonds. The lowest BCUT2D eigenvalue weighted by molar-refractivity contribution is 0.103. The molecule has 0 saturated carbocycles. The number of hydrogen-bond donors (Lipinski definition) is 1. The number of thiophene rings is 1. The highest BCUT2D eigenvalue weighted by Crippen LogP contribution is 2.26. The van der Waals surface area contributed by atoms with E-state index < -0.39 is 0 Å².